The van der Waals surface area contributed by atoms with Gasteiger partial charge in [-0.25, -0.2) is 18.6 Å². The number of fused-ring (bicyclic) bond motifs is 1. The number of carbonyl (C=O) groups is 1. The molecular formula is C16H13Cl3F2N4O3. The summed E-state index contributed by atoms with van der Waals surface area (Å²) in [7, 11) is 2.76. The Hall–Kier alpha value is -2.10. The van der Waals surface area contributed by atoms with Crippen molar-refractivity contribution >= 4 is 52.3 Å². The van der Waals surface area contributed by atoms with Crippen LogP contribution in [-0.4, -0.2) is 43.2 Å². The van der Waals surface area contributed by atoms with Gasteiger partial charge in [-0.2, -0.15) is 4.98 Å². The van der Waals surface area contributed by atoms with Gasteiger partial charge >= 0.3 is 6.03 Å². The largest absolute Gasteiger partial charge is 0.495 e. The lowest BCUT2D eigenvalue weighted by atomic mass is 10.1. The van der Waals surface area contributed by atoms with Gasteiger partial charge in [0.25, 0.3) is 6.43 Å². The molecule has 1 aromatic carbocycles. The Labute approximate surface area is 173 Å². The van der Waals surface area contributed by atoms with E-state index in [2.05, 4.69) is 9.97 Å². The molecule has 1 aliphatic rings. The molecule has 0 atom stereocenters. The van der Waals surface area contributed by atoms with Crippen LogP contribution in [0.5, 0.6) is 11.5 Å². The van der Waals surface area contributed by atoms with Crippen LogP contribution in [0.2, 0.25) is 15.3 Å². The molecule has 0 bridgehead atoms. The van der Waals surface area contributed by atoms with E-state index in [0.29, 0.717) is 5.56 Å². The van der Waals surface area contributed by atoms with Gasteiger partial charge in [0.2, 0.25) is 5.28 Å². The average Bonchev–Trinajstić information content (AvgIpc) is 2.65. The molecule has 0 aliphatic carbocycles. The molecule has 0 fully saturated rings. The number of halogens is 5. The summed E-state index contributed by atoms with van der Waals surface area (Å²) >= 11 is 18.5. The molecule has 12 heteroatoms. The van der Waals surface area contributed by atoms with E-state index >= 15 is 0 Å². The summed E-state index contributed by atoms with van der Waals surface area (Å²) in [6.45, 7) is -0.965. The van der Waals surface area contributed by atoms with E-state index in [1.807, 2.05) is 0 Å². The highest BCUT2D eigenvalue weighted by atomic mass is 35.5. The number of hydrogen-bond donors (Lipinski definition) is 0. The molecule has 7 nitrogen and oxygen atoms in total. The molecule has 2 heterocycles. The van der Waals surface area contributed by atoms with Gasteiger partial charge in [0, 0.05) is 17.8 Å². The van der Waals surface area contributed by atoms with Crippen LogP contribution in [0.15, 0.2) is 12.3 Å². The number of carbonyl (C=O) groups excluding carboxylic acids is 1. The van der Waals surface area contributed by atoms with Crippen LogP contribution >= 0.6 is 34.8 Å². The summed E-state index contributed by atoms with van der Waals surface area (Å²) < 4.78 is 36.7. The number of methoxy groups -OCH3 is 2. The SMILES string of the molecule is COc1cc(OC)c(Cl)c(N2Cc3cnc(Cl)nc3N(CC(F)F)C2=O)c1Cl. The number of benzene rings is 1. The molecule has 0 saturated carbocycles. The van der Waals surface area contributed by atoms with Gasteiger partial charge in [0.15, 0.2) is 0 Å². The van der Waals surface area contributed by atoms with Crippen LogP contribution < -0.4 is 19.3 Å². The van der Waals surface area contributed by atoms with E-state index in [-0.39, 0.29) is 44.9 Å². The minimum Gasteiger partial charge on any atom is -0.495 e. The van der Waals surface area contributed by atoms with Gasteiger partial charge in [-0.1, -0.05) is 23.2 Å². The molecule has 0 N–H and O–H groups in total. The molecule has 0 unspecified atom stereocenters. The summed E-state index contributed by atoms with van der Waals surface area (Å²) in [6.07, 6.45) is -1.46. The fourth-order valence-electron chi connectivity index (χ4n) is 2.78. The average molecular weight is 454 g/mol. The Morgan fingerprint density at radius 2 is 1.79 bits per heavy atom. The number of urea groups is 1. The van der Waals surface area contributed by atoms with Crippen molar-refractivity contribution in [1.29, 1.82) is 0 Å². The minimum absolute atomic E-state index is 0.00339. The highest BCUT2D eigenvalue weighted by molar-refractivity contribution is 6.42. The first kappa shape index (κ1) is 20.6. The first-order valence-electron chi connectivity index (χ1n) is 7.77. The molecule has 0 radical (unpaired) electrons. The van der Waals surface area contributed by atoms with Crippen LogP contribution in [-0.2, 0) is 6.54 Å². The molecule has 2 aromatic rings. The second-order valence-electron chi connectivity index (χ2n) is 5.62. The number of rotatable bonds is 5. The molecule has 2 amide bonds. The molecule has 0 spiro atoms. The standard InChI is InChI=1S/C16H13Cl3F2N4O3/c1-27-8-3-9(28-2)12(18)13(11(8)17)24-5-7-4-22-15(19)23-14(7)25(16(24)26)6-10(20)21/h3-4,10H,5-6H2,1-2H3. The second-order valence-corrected chi connectivity index (χ2v) is 6.71. The lowest BCUT2D eigenvalue weighted by molar-refractivity contribution is 0.154. The first-order valence-corrected chi connectivity index (χ1v) is 8.90. The molecule has 3 rings (SSSR count). The van der Waals surface area contributed by atoms with Gasteiger partial charge in [-0.15, -0.1) is 0 Å². The van der Waals surface area contributed by atoms with Gasteiger partial charge in [-0.3, -0.25) is 9.80 Å². The van der Waals surface area contributed by atoms with Gasteiger partial charge < -0.3 is 9.47 Å². The number of hydrogen-bond acceptors (Lipinski definition) is 5. The van der Waals surface area contributed by atoms with Crippen molar-refractivity contribution in [3.05, 3.63) is 33.2 Å². The van der Waals surface area contributed by atoms with Crippen molar-refractivity contribution < 1.29 is 23.0 Å². The van der Waals surface area contributed by atoms with E-state index < -0.39 is 19.0 Å². The lowest BCUT2D eigenvalue weighted by Gasteiger charge is -2.36. The minimum atomic E-state index is -2.81. The number of ether oxygens (including phenoxy) is 2. The van der Waals surface area contributed by atoms with Gasteiger partial charge in [0.1, 0.15) is 27.4 Å². The smallest absolute Gasteiger partial charge is 0.330 e. The normalized spacial score (nSPS) is 13.8. The molecule has 0 saturated heterocycles. The highest BCUT2D eigenvalue weighted by Gasteiger charge is 2.37. The van der Waals surface area contributed by atoms with Crippen molar-refractivity contribution in [3.63, 3.8) is 0 Å². The second kappa shape index (κ2) is 8.10. The Morgan fingerprint density at radius 1 is 1.18 bits per heavy atom. The molecule has 28 heavy (non-hydrogen) atoms. The zero-order valence-electron chi connectivity index (χ0n) is 14.5. The number of anilines is 2. The Bertz CT molecular complexity index is 904. The van der Waals surface area contributed by atoms with Crippen molar-refractivity contribution in [2.24, 2.45) is 0 Å². The van der Waals surface area contributed by atoms with E-state index in [1.165, 1.54) is 26.5 Å². The first-order chi connectivity index (χ1) is 13.3. The topological polar surface area (TPSA) is 67.8 Å². The fourth-order valence-corrected chi connectivity index (χ4v) is 3.62. The fraction of sp³-hybridized carbons (Fsp3) is 0.312. The van der Waals surface area contributed by atoms with E-state index in [0.717, 1.165) is 9.80 Å². The maximum absolute atomic E-state index is 13.1. The summed E-state index contributed by atoms with van der Waals surface area (Å²) in [5.41, 5.74) is 0.447. The summed E-state index contributed by atoms with van der Waals surface area (Å²) in [5, 5.41) is -0.118. The predicted octanol–water partition coefficient (Wildman–Crippen LogP) is 4.67. The molecule has 150 valence electrons. The summed E-state index contributed by atoms with van der Waals surface area (Å²) in [4.78, 5) is 22.8. The predicted molar refractivity (Wildman–Crippen MR) is 102 cm³/mol. The molecular weight excluding hydrogens is 441 g/mol. The maximum atomic E-state index is 13.1. The van der Waals surface area contributed by atoms with Crippen LogP contribution in [0.1, 0.15) is 5.56 Å². The molecule has 1 aromatic heterocycles. The zero-order valence-corrected chi connectivity index (χ0v) is 16.8. The van der Waals surface area contributed by atoms with Crippen LogP contribution in [0.25, 0.3) is 0 Å². The monoisotopic (exact) mass is 452 g/mol. The van der Waals surface area contributed by atoms with Crippen molar-refractivity contribution in [1.82, 2.24) is 9.97 Å². The van der Waals surface area contributed by atoms with Crippen molar-refractivity contribution in [2.75, 3.05) is 30.6 Å². The number of aromatic nitrogens is 2. The van der Waals surface area contributed by atoms with Crippen LogP contribution in [0.3, 0.4) is 0 Å². The Balaban J connectivity index is 2.18. The number of amides is 2. The summed E-state index contributed by atoms with van der Waals surface area (Å²) in [5.74, 6) is 0.400. The van der Waals surface area contributed by atoms with Gasteiger partial charge in [-0.05, 0) is 11.6 Å². The highest BCUT2D eigenvalue weighted by Crippen LogP contribution is 2.47. The number of alkyl halides is 2. The Morgan fingerprint density at radius 3 is 2.32 bits per heavy atom. The quantitative estimate of drug-likeness (QED) is 0.616. The number of nitrogens with zero attached hydrogens (tertiary/aromatic N) is 4. The van der Waals surface area contributed by atoms with E-state index in [9.17, 15) is 13.6 Å². The van der Waals surface area contributed by atoms with Gasteiger partial charge in [0.05, 0.1) is 33.0 Å². The maximum Gasteiger partial charge on any atom is 0.330 e. The zero-order chi connectivity index (χ0) is 20.6. The van der Waals surface area contributed by atoms with E-state index in [1.54, 1.807) is 0 Å². The van der Waals surface area contributed by atoms with E-state index in [4.69, 9.17) is 44.3 Å². The third-order valence-corrected chi connectivity index (χ3v) is 4.91. The van der Waals surface area contributed by atoms with Crippen molar-refractivity contribution in [2.45, 2.75) is 13.0 Å². The summed E-state index contributed by atoms with van der Waals surface area (Å²) in [6, 6.07) is 0.651. The molecule has 1 aliphatic heterocycles. The Kier molecular flexibility index (Phi) is 5.97. The lowest BCUT2D eigenvalue weighted by Crippen LogP contribution is -2.49. The van der Waals surface area contributed by atoms with Crippen LogP contribution in [0, 0.1) is 0 Å². The van der Waals surface area contributed by atoms with Crippen molar-refractivity contribution in [3.8, 4) is 11.5 Å². The third kappa shape index (κ3) is 3.61. The van der Waals surface area contributed by atoms with Crippen LogP contribution in [0.4, 0.5) is 25.1 Å². The third-order valence-electron chi connectivity index (χ3n) is 4.00.